The maximum Gasteiger partial charge on any atom is 0.387 e. The van der Waals surface area contributed by atoms with Crippen LogP contribution in [0.5, 0.6) is 5.75 Å². The minimum atomic E-state index is -2.93. The van der Waals surface area contributed by atoms with Gasteiger partial charge in [-0.05, 0) is 24.1 Å². The summed E-state index contributed by atoms with van der Waals surface area (Å²) in [5.41, 5.74) is 1.93. The van der Waals surface area contributed by atoms with Gasteiger partial charge in [0.05, 0.1) is 18.0 Å². The third kappa shape index (κ3) is 6.08. The second-order valence-corrected chi connectivity index (χ2v) is 7.64. The molecule has 2 aromatic carbocycles. The number of ether oxygens (including phenoxy) is 1. The van der Waals surface area contributed by atoms with Crippen molar-refractivity contribution >= 4 is 28.3 Å². The summed E-state index contributed by atoms with van der Waals surface area (Å²) in [6.45, 7) is -2.93. The largest absolute Gasteiger partial charge is 0.481 e. The number of aliphatic carboxylic acids is 1. The van der Waals surface area contributed by atoms with Crippen molar-refractivity contribution in [1.82, 2.24) is 4.98 Å². The molecule has 6 nitrogen and oxygen atoms in total. The van der Waals surface area contributed by atoms with Gasteiger partial charge in [-0.25, -0.2) is 4.98 Å². The fraction of sp³-hybridized carbons (Fsp3) is 0.227. The number of nitrogens with zero attached hydrogens (tertiary/aromatic N) is 2. The van der Waals surface area contributed by atoms with Crippen LogP contribution in [0.3, 0.4) is 0 Å². The number of carbonyl (C=O) groups excluding carboxylic acids is 1. The lowest BCUT2D eigenvalue weighted by Gasteiger charge is -2.21. The van der Waals surface area contributed by atoms with Gasteiger partial charge in [-0.2, -0.15) is 8.78 Å². The number of halogens is 2. The minimum Gasteiger partial charge on any atom is -0.481 e. The predicted molar refractivity (Wildman–Crippen MR) is 113 cm³/mol. The Balaban J connectivity index is 1.78. The van der Waals surface area contributed by atoms with Crippen LogP contribution in [0, 0.1) is 5.92 Å². The first-order chi connectivity index (χ1) is 14.8. The molecule has 0 radical (unpaired) electrons. The summed E-state index contributed by atoms with van der Waals surface area (Å²) in [5.74, 6) is -2.16. The lowest BCUT2D eigenvalue weighted by Crippen LogP contribution is -2.35. The lowest BCUT2D eigenvalue weighted by molar-refractivity contribution is -0.140. The molecular weight excluding hydrogens is 426 g/mol. The van der Waals surface area contributed by atoms with Crippen LogP contribution >= 0.6 is 11.3 Å². The van der Waals surface area contributed by atoms with Crippen LogP contribution in [0.2, 0.25) is 0 Å². The van der Waals surface area contributed by atoms with Gasteiger partial charge in [0.1, 0.15) is 5.75 Å². The topological polar surface area (TPSA) is 79.7 Å². The van der Waals surface area contributed by atoms with Crippen molar-refractivity contribution in [2.75, 3.05) is 11.9 Å². The summed E-state index contributed by atoms with van der Waals surface area (Å²) >= 11 is 1.20. The van der Waals surface area contributed by atoms with E-state index < -0.39 is 18.5 Å². The lowest BCUT2D eigenvalue weighted by atomic mass is 9.95. The number of amides is 1. The first-order valence-corrected chi connectivity index (χ1v) is 10.3. The van der Waals surface area contributed by atoms with Gasteiger partial charge in [0.25, 0.3) is 0 Å². The molecule has 0 unspecified atom stereocenters. The zero-order chi connectivity index (χ0) is 22.4. The van der Waals surface area contributed by atoms with Crippen molar-refractivity contribution in [1.29, 1.82) is 0 Å². The van der Waals surface area contributed by atoms with Crippen molar-refractivity contribution in [3.63, 3.8) is 0 Å². The Morgan fingerprint density at radius 1 is 1.16 bits per heavy atom. The summed E-state index contributed by atoms with van der Waals surface area (Å²) in [6.07, 6.45) is -0.00906. The Morgan fingerprint density at radius 3 is 2.58 bits per heavy atom. The monoisotopic (exact) mass is 446 g/mol. The molecule has 0 bridgehead atoms. The Kier molecular flexibility index (Phi) is 7.30. The first-order valence-electron chi connectivity index (χ1n) is 9.37. The molecule has 0 aliphatic rings. The third-order valence-corrected chi connectivity index (χ3v) is 5.48. The molecule has 162 valence electrons. The molecule has 9 heteroatoms. The fourth-order valence-electron chi connectivity index (χ4n) is 3.11. The number of anilines is 1. The summed E-state index contributed by atoms with van der Waals surface area (Å²) in [4.78, 5) is 30.1. The average molecular weight is 446 g/mol. The number of carboxylic acids is 1. The van der Waals surface area contributed by atoms with E-state index in [0.717, 1.165) is 5.56 Å². The molecule has 0 aliphatic carbocycles. The quantitative estimate of drug-likeness (QED) is 0.515. The Hall–Kier alpha value is -3.33. The molecule has 1 atom stereocenters. The van der Waals surface area contributed by atoms with E-state index in [9.17, 15) is 23.5 Å². The molecule has 1 aromatic heterocycles. The van der Waals surface area contributed by atoms with Gasteiger partial charge in [0.2, 0.25) is 5.91 Å². The molecule has 3 rings (SSSR count). The van der Waals surface area contributed by atoms with Crippen LogP contribution in [0.25, 0.3) is 11.3 Å². The normalized spacial score (nSPS) is 11.9. The van der Waals surface area contributed by atoms with Crippen LogP contribution in [0.1, 0.15) is 12.0 Å². The molecule has 1 amide bonds. The third-order valence-electron chi connectivity index (χ3n) is 4.56. The molecule has 0 saturated heterocycles. The molecular formula is C22H20F2N2O4S. The smallest absolute Gasteiger partial charge is 0.387 e. The van der Waals surface area contributed by atoms with E-state index in [0.29, 0.717) is 22.8 Å². The molecule has 0 saturated carbocycles. The SMILES string of the molecule is CN(C(=O)[C@@H](CC(=O)O)Cc1ccccc1)c1nc(-c2cccc(OC(F)F)c2)cs1. The van der Waals surface area contributed by atoms with Crippen molar-refractivity contribution in [2.45, 2.75) is 19.5 Å². The van der Waals surface area contributed by atoms with Crippen LogP contribution in [-0.2, 0) is 16.0 Å². The number of aromatic nitrogens is 1. The van der Waals surface area contributed by atoms with E-state index >= 15 is 0 Å². The van der Waals surface area contributed by atoms with E-state index in [1.165, 1.54) is 28.4 Å². The summed E-state index contributed by atoms with van der Waals surface area (Å²) in [6, 6.07) is 15.3. The zero-order valence-corrected chi connectivity index (χ0v) is 17.4. The van der Waals surface area contributed by atoms with Crippen molar-refractivity contribution < 1.29 is 28.2 Å². The number of hydrogen-bond acceptors (Lipinski definition) is 5. The highest BCUT2D eigenvalue weighted by Crippen LogP contribution is 2.30. The highest BCUT2D eigenvalue weighted by atomic mass is 32.1. The van der Waals surface area contributed by atoms with Gasteiger partial charge < -0.3 is 9.84 Å². The van der Waals surface area contributed by atoms with Crippen LogP contribution in [0.4, 0.5) is 13.9 Å². The number of hydrogen-bond donors (Lipinski definition) is 1. The number of thiazole rings is 1. The number of carbonyl (C=O) groups is 2. The van der Waals surface area contributed by atoms with E-state index in [2.05, 4.69) is 9.72 Å². The van der Waals surface area contributed by atoms with E-state index in [1.54, 1.807) is 24.6 Å². The number of benzene rings is 2. The molecule has 3 aromatic rings. The van der Waals surface area contributed by atoms with Gasteiger partial charge in [-0.15, -0.1) is 11.3 Å². The highest BCUT2D eigenvalue weighted by molar-refractivity contribution is 7.14. The van der Waals surface area contributed by atoms with Crippen molar-refractivity contribution in [3.8, 4) is 17.0 Å². The van der Waals surface area contributed by atoms with Crippen LogP contribution in [0.15, 0.2) is 60.0 Å². The van der Waals surface area contributed by atoms with Gasteiger partial charge in [0, 0.05) is 18.0 Å². The average Bonchev–Trinajstić information content (AvgIpc) is 3.23. The minimum absolute atomic E-state index is 0.0101. The molecule has 0 spiro atoms. The Morgan fingerprint density at radius 2 is 1.90 bits per heavy atom. The van der Waals surface area contributed by atoms with Crippen molar-refractivity contribution in [3.05, 3.63) is 65.5 Å². The van der Waals surface area contributed by atoms with Crippen LogP contribution < -0.4 is 9.64 Å². The molecule has 1 heterocycles. The van der Waals surface area contributed by atoms with E-state index in [-0.39, 0.29) is 18.1 Å². The van der Waals surface area contributed by atoms with Gasteiger partial charge >= 0.3 is 12.6 Å². The standard InChI is InChI=1S/C22H20F2N2O4S/c1-26(20(29)16(12-19(27)28)10-14-6-3-2-4-7-14)22-25-18(13-31-22)15-8-5-9-17(11-15)30-21(23)24/h2-9,11,13,16,21H,10,12H2,1H3,(H,27,28)/t16-/m1/s1. The summed E-state index contributed by atoms with van der Waals surface area (Å²) in [5, 5.41) is 11.3. The number of carboxylic acid groups (broad SMARTS) is 1. The second-order valence-electron chi connectivity index (χ2n) is 6.80. The maximum absolute atomic E-state index is 13.0. The summed E-state index contributed by atoms with van der Waals surface area (Å²) in [7, 11) is 1.54. The maximum atomic E-state index is 13.0. The Labute approximate surface area is 181 Å². The van der Waals surface area contributed by atoms with Crippen LogP contribution in [-0.4, -0.2) is 35.6 Å². The summed E-state index contributed by atoms with van der Waals surface area (Å²) < 4.78 is 29.3. The Bertz CT molecular complexity index is 1040. The second kappa shape index (κ2) is 10.1. The predicted octanol–water partition coefficient (Wildman–Crippen LogP) is 4.71. The number of rotatable bonds is 9. The number of alkyl halides is 2. The fourth-order valence-corrected chi connectivity index (χ4v) is 3.91. The van der Waals surface area contributed by atoms with Crippen molar-refractivity contribution in [2.24, 2.45) is 5.92 Å². The van der Waals surface area contributed by atoms with E-state index in [1.807, 2.05) is 30.3 Å². The zero-order valence-electron chi connectivity index (χ0n) is 16.6. The molecule has 0 aliphatic heterocycles. The molecule has 1 N–H and O–H groups in total. The molecule has 31 heavy (non-hydrogen) atoms. The van der Waals surface area contributed by atoms with Gasteiger partial charge in [0.15, 0.2) is 5.13 Å². The first kappa shape index (κ1) is 22.4. The molecule has 0 fully saturated rings. The highest BCUT2D eigenvalue weighted by Gasteiger charge is 2.27. The van der Waals surface area contributed by atoms with E-state index in [4.69, 9.17) is 0 Å². The van der Waals surface area contributed by atoms with Gasteiger partial charge in [-0.1, -0.05) is 42.5 Å². The van der Waals surface area contributed by atoms with Gasteiger partial charge in [-0.3, -0.25) is 14.5 Å².